The molecule has 1 aliphatic rings. The Morgan fingerprint density at radius 2 is 1.71 bits per heavy atom. The zero-order valence-electron chi connectivity index (χ0n) is 14.5. The van der Waals surface area contributed by atoms with E-state index in [1.165, 1.54) is 14.2 Å². The molecule has 24 heavy (non-hydrogen) atoms. The molecule has 7 heteroatoms. The third-order valence-electron chi connectivity index (χ3n) is 4.18. The third-order valence-corrected chi connectivity index (χ3v) is 4.18. The summed E-state index contributed by atoms with van der Waals surface area (Å²) in [5.74, 6) is -3.61. The molecule has 1 rings (SSSR count). The average Bonchev–Trinajstić information content (AvgIpc) is 2.49. The van der Waals surface area contributed by atoms with Crippen molar-refractivity contribution in [2.75, 3.05) is 14.2 Å². The summed E-state index contributed by atoms with van der Waals surface area (Å²) in [5, 5.41) is 10.4. The number of ether oxygens (including phenoxy) is 2. The van der Waals surface area contributed by atoms with Gasteiger partial charge >= 0.3 is 11.9 Å². The Bertz CT molecular complexity index is 571. The van der Waals surface area contributed by atoms with Crippen LogP contribution >= 0.6 is 0 Å². The van der Waals surface area contributed by atoms with E-state index in [0.29, 0.717) is 12.8 Å². The molecule has 0 saturated heterocycles. The number of unbranched alkanes of at least 4 members (excludes halogenated alkanes) is 1. The van der Waals surface area contributed by atoms with E-state index in [-0.39, 0.29) is 30.8 Å². The molecule has 0 aromatic heterocycles. The third kappa shape index (κ3) is 4.43. The van der Waals surface area contributed by atoms with Gasteiger partial charge in [-0.3, -0.25) is 19.2 Å². The number of methoxy groups -OCH3 is 2. The topological polar surface area (TPSA) is 107 Å². The van der Waals surface area contributed by atoms with Crippen molar-refractivity contribution in [2.45, 2.75) is 46.0 Å². The van der Waals surface area contributed by atoms with Gasteiger partial charge in [-0.2, -0.15) is 0 Å². The number of hydrogen-bond acceptors (Lipinski definition) is 7. The SMILES string of the molecule is COC(=O)CCCCC(=O)C1=C(O)[C@H](C(=O)OC)C(C)(C)CC1=O. The maximum absolute atomic E-state index is 12.3. The van der Waals surface area contributed by atoms with Crippen molar-refractivity contribution in [3.05, 3.63) is 11.3 Å². The summed E-state index contributed by atoms with van der Waals surface area (Å²) in [6.07, 6.45) is 0.980. The van der Waals surface area contributed by atoms with Crippen molar-refractivity contribution >= 4 is 23.5 Å². The summed E-state index contributed by atoms with van der Waals surface area (Å²) in [7, 11) is 2.47. The number of aliphatic hydroxyl groups excluding tert-OH is 1. The summed E-state index contributed by atoms with van der Waals surface area (Å²) in [4.78, 5) is 47.5. The first kappa shape index (κ1) is 19.9. The summed E-state index contributed by atoms with van der Waals surface area (Å²) in [6, 6.07) is 0. The van der Waals surface area contributed by atoms with Gasteiger partial charge in [-0.15, -0.1) is 0 Å². The van der Waals surface area contributed by atoms with E-state index >= 15 is 0 Å². The van der Waals surface area contributed by atoms with Gasteiger partial charge in [-0.05, 0) is 18.3 Å². The predicted molar refractivity (Wildman–Crippen MR) is 84.1 cm³/mol. The van der Waals surface area contributed by atoms with E-state index in [2.05, 4.69) is 9.47 Å². The van der Waals surface area contributed by atoms with Crippen molar-refractivity contribution in [3.8, 4) is 0 Å². The normalized spacial score (nSPS) is 19.8. The second-order valence-electron chi connectivity index (χ2n) is 6.51. The molecule has 1 N–H and O–H groups in total. The molecular formula is C17H24O7. The van der Waals surface area contributed by atoms with Gasteiger partial charge < -0.3 is 14.6 Å². The predicted octanol–water partition coefficient (Wildman–Crippen LogP) is 1.89. The molecule has 0 radical (unpaired) electrons. The lowest BCUT2D eigenvalue weighted by atomic mass is 9.67. The van der Waals surface area contributed by atoms with Crippen LogP contribution in [0, 0.1) is 11.3 Å². The van der Waals surface area contributed by atoms with E-state index in [1.807, 2.05) is 0 Å². The molecule has 0 aromatic carbocycles. The highest BCUT2D eigenvalue weighted by Gasteiger charge is 2.48. The molecule has 0 fully saturated rings. The minimum Gasteiger partial charge on any atom is -0.510 e. The largest absolute Gasteiger partial charge is 0.510 e. The summed E-state index contributed by atoms with van der Waals surface area (Å²) < 4.78 is 9.19. The number of rotatable bonds is 7. The summed E-state index contributed by atoms with van der Waals surface area (Å²) in [5.41, 5.74) is -1.15. The highest BCUT2D eigenvalue weighted by Crippen LogP contribution is 2.42. The number of carbonyl (C=O) groups excluding carboxylic acids is 4. The van der Waals surface area contributed by atoms with Crippen LogP contribution in [-0.4, -0.2) is 42.8 Å². The second kappa shape index (κ2) is 8.08. The van der Waals surface area contributed by atoms with Crippen LogP contribution in [0.3, 0.4) is 0 Å². The molecule has 7 nitrogen and oxygen atoms in total. The van der Waals surface area contributed by atoms with Crippen LogP contribution in [0.1, 0.15) is 46.0 Å². The van der Waals surface area contributed by atoms with Crippen LogP contribution in [0.5, 0.6) is 0 Å². The van der Waals surface area contributed by atoms with Crippen LogP contribution in [0.4, 0.5) is 0 Å². The first-order valence-electron chi connectivity index (χ1n) is 7.80. The Balaban J connectivity index is 2.90. The highest BCUT2D eigenvalue weighted by molar-refractivity contribution is 6.21. The van der Waals surface area contributed by atoms with Gasteiger partial charge in [0.2, 0.25) is 0 Å². The van der Waals surface area contributed by atoms with Crippen molar-refractivity contribution in [1.29, 1.82) is 0 Å². The van der Waals surface area contributed by atoms with Gasteiger partial charge in [0.1, 0.15) is 11.7 Å². The van der Waals surface area contributed by atoms with E-state index in [9.17, 15) is 24.3 Å². The van der Waals surface area contributed by atoms with Crippen LogP contribution in [-0.2, 0) is 28.7 Å². The van der Waals surface area contributed by atoms with Crippen molar-refractivity contribution in [3.63, 3.8) is 0 Å². The second-order valence-corrected chi connectivity index (χ2v) is 6.51. The van der Waals surface area contributed by atoms with Crippen molar-refractivity contribution in [1.82, 2.24) is 0 Å². The van der Waals surface area contributed by atoms with Gasteiger partial charge in [0, 0.05) is 19.3 Å². The number of allylic oxidation sites excluding steroid dienone is 1. The molecule has 0 saturated carbocycles. The fourth-order valence-corrected chi connectivity index (χ4v) is 2.89. The molecule has 0 aliphatic heterocycles. The molecule has 0 bridgehead atoms. The Hall–Kier alpha value is -2.18. The lowest BCUT2D eigenvalue weighted by molar-refractivity contribution is -0.150. The first-order chi connectivity index (χ1) is 11.2. The van der Waals surface area contributed by atoms with E-state index in [1.54, 1.807) is 13.8 Å². The van der Waals surface area contributed by atoms with Crippen LogP contribution < -0.4 is 0 Å². The Kier molecular flexibility index (Phi) is 6.69. The zero-order valence-corrected chi connectivity index (χ0v) is 14.5. The van der Waals surface area contributed by atoms with E-state index in [0.717, 1.165) is 0 Å². The number of hydrogen-bond donors (Lipinski definition) is 1. The number of aliphatic hydroxyl groups is 1. The van der Waals surface area contributed by atoms with Crippen LogP contribution in [0.15, 0.2) is 11.3 Å². The van der Waals surface area contributed by atoms with Gasteiger partial charge in [0.25, 0.3) is 0 Å². The maximum atomic E-state index is 12.3. The molecule has 0 heterocycles. The molecule has 1 aliphatic carbocycles. The van der Waals surface area contributed by atoms with Gasteiger partial charge in [0.15, 0.2) is 11.6 Å². The number of Topliss-reactive ketones (excluding diaryl/α,β-unsaturated/α-hetero) is 2. The average molecular weight is 340 g/mol. The fourth-order valence-electron chi connectivity index (χ4n) is 2.89. The lowest BCUT2D eigenvalue weighted by Crippen LogP contribution is -2.41. The molecule has 0 amide bonds. The van der Waals surface area contributed by atoms with E-state index < -0.39 is 34.6 Å². The monoisotopic (exact) mass is 340 g/mol. The molecule has 134 valence electrons. The fraction of sp³-hybridized carbons (Fsp3) is 0.647. The number of ketones is 2. The van der Waals surface area contributed by atoms with Gasteiger partial charge in [-0.25, -0.2) is 0 Å². The molecule has 0 aromatic rings. The van der Waals surface area contributed by atoms with Crippen molar-refractivity contribution < 1.29 is 33.8 Å². The summed E-state index contributed by atoms with van der Waals surface area (Å²) >= 11 is 0. The Morgan fingerprint density at radius 3 is 2.25 bits per heavy atom. The van der Waals surface area contributed by atoms with Crippen molar-refractivity contribution in [2.24, 2.45) is 11.3 Å². The van der Waals surface area contributed by atoms with Gasteiger partial charge in [0.05, 0.1) is 19.8 Å². The number of carbonyl (C=O) groups is 4. The summed E-state index contributed by atoms with van der Waals surface area (Å²) in [6.45, 7) is 3.33. The minimum absolute atomic E-state index is 0.0104. The smallest absolute Gasteiger partial charge is 0.316 e. The molecule has 0 unspecified atom stereocenters. The lowest BCUT2D eigenvalue weighted by Gasteiger charge is -2.35. The Labute approximate surface area is 141 Å². The van der Waals surface area contributed by atoms with Gasteiger partial charge in [-0.1, -0.05) is 13.8 Å². The standard InChI is InChI=1S/C17H24O7/c1-17(2)9-11(19)13(15(21)14(17)16(22)24-4)10(18)7-5-6-8-12(20)23-3/h14,21H,5-9H2,1-4H3/t14-/m1/s1. The minimum atomic E-state index is -1.05. The number of esters is 2. The first-order valence-corrected chi connectivity index (χ1v) is 7.80. The molecule has 1 atom stereocenters. The zero-order chi connectivity index (χ0) is 18.5. The van der Waals surface area contributed by atoms with Crippen LogP contribution in [0.2, 0.25) is 0 Å². The highest BCUT2D eigenvalue weighted by atomic mass is 16.5. The Morgan fingerprint density at radius 1 is 1.12 bits per heavy atom. The molecule has 0 spiro atoms. The van der Waals surface area contributed by atoms with E-state index in [4.69, 9.17) is 0 Å². The van der Waals surface area contributed by atoms with Crippen LogP contribution in [0.25, 0.3) is 0 Å². The quantitative estimate of drug-likeness (QED) is 0.428. The maximum Gasteiger partial charge on any atom is 0.316 e. The molecular weight excluding hydrogens is 316 g/mol.